The predicted molar refractivity (Wildman–Crippen MR) is 76.3 cm³/mol. The molecule has 0 spiro atoms. The standard InChI is InChI=1S/C16H27N/c1-6-16(17,7-2)12-13-8-10-14(11-9-13)15(3,4)5/h8-11H,6-7,12,17H2,1-5H3. The molecular weight excluding hydrogens is 206 g/mol. The molecule has 1 rings (SSSR count). The fourth-order valence-corrected chi connectivity index (χ4v) is 2.03. The first kappa shape index (κ1) is 14.2. The molecule has 0 saturated carbocycles. The Morgan fingerprint density at radius 2 is 1.41 bits per heavy atom. The minimum atomic E-state index is -0.0384. The molecule has 1 aromatic carbocycles. The van der Waals surface area contributed by atoms with Gasteiger partial charge in [-0.2, -0.15) is 0 Å². The summed E-state index contributed by atoms with van der Waals surface area (Å²) in [7, 11) is 0. The SMILES string of the molecule is CCC(N)(CC)Cc1ccc(C(C)(C)C)cc1. The van der Waals surface area contributed by atoms with E-state index in [2.05, 4.69) is 58.9 Å². The van der Waals surface area contributed by atoms with E-state index in [1.54, 1.807) is 0 Å². The van der Waals surface area contributed by atoms with Crippen molar-refractivity contribution in [2.24, 2.45) is 5.73 Å². The molecule has 0 aliphatic carbocycles. The largest absolute Gasteiger partial charge is 0.325 e. The predicted octanol–water partition coefficient (Wildman–Crippen LogP) is 4.04. The zero-order valence-electron chi connectivity index (χ0n) is 12.0. The van der Waals surface area contributed by atoms with Crippen LogP contribution in [0.5, 0.6) is 0 Å². The lowest BCUT2D eigenvalue weighted by atomic mass is 9.84. The van der Waals surface area contributed by atoms with Gasteiger partial charge in [0.1, 0.15) is 0 Å². The highest BCUT2D eigenvalue weighted by Gasteiger charge is 2.21. The van der Waals surface area contributed by atoms with Gasteiger partial charge < -0.3 is 5.73 Å². The molecule has 96 valence electrons. The van der Waals surface area contributed by atoms with Gasteiger partial charge in [-0.15, -0.1) is 0 Å². The van der Waals surface area contributed by atoms with Crippen LogP contribution in [0.3, 0.4) is 0 Å². The smallest absolute Gasteiger partial charge is 0.0189 e. The summed E-state index contributed by atoms with van der Waals surface area (Å²) in [6.07, 6.45) is 3.04. The van der Waals surface area contributed by atoms with Crippen molar-refractivity contribution in [2.45, 2.75) is 64.8 Å². The van der Waals surface area contributed by atoms with E-state index in [9.17, 15) is 0 Å². The second kappa shape index (κ2) is 5.22. The average Bonchev–Trinajstić information content (AvgIpc) is 2.28. The van der Waals surface area contributed by atoms with Crippen molar-refractivity contribution in [2.75, 3.05) is 0 Å². The molecule has 1 heteroatoms. The van der Waals surface area contributed by atoms with E-state index in [0.29, 0.717) is 0 Å². The van der Waals surface area contributed by atoms with Gasteiger partial charge in [-0.3, -0.25) is 0 Å². The van der Waals surface area contributed by atoms with Crippen LogP contribution in [0.4, 0.5) is 0 Å². The van der Waals surface area contributed by atoms with Gasteiger partial charge in [0, 0.05) is 5.54 Å². The van der Waals surface area contributed by atoms with Gasteiger partial charge in [-0.05, 0) is 35.8 Å². The molecule has 0 atom stereocenters. The Kier molecular flexibility index (Phi) is 4.37. The zero-order valence-corrected chi connectivity index (χ0v) is 12.0. The van der Waals surface area contributed by atoms with Gasteiger partial charge in [0.05, 0.1) is 0 Å². The molecule has 0 radical (unpaired) electrons. The maximum Gasteiger partial charge on any atom is 0.0189 e. The Morgan fingerprint density at radius 3 is 1.76 bits per heavy atom. The normalized spacial score (nSPS) is 12.8. The van der Waals surface area contributed by atoms with Crippen LogP contribution in [0.1, 0.15) is 58.6 Å². The van der Waals surface area contributed by atoms with Crippen molar-refractivity contribution in [1.82, 2.24) is 0 Å². The van der Waals surface area contributed by atoms with E-state index in [4.69, 9.17) is 5.73 Å². The molecule has 0 heterocycles. The van der Waals surface area contributed by atoms with Crippen LogP contribution in [0.2, 0.25) is 0 Å². The quantitative estimate of drug-likeness (QED) is 0.834. The minimum Gasteiger partial charge on any atom is -0.325 e. The summed E-state index contributed by atoms with van der Waals surface area (Å²) in [6, 6.07) is 8.93. The fourth-order valence-electron chi connectivity index (χ4n) is 2.03. The highest BCUT2D eigenvalue weighted by molar-refractivity contribution is 5.28. The number of nitrogens with two attached hydrogens (primary N) is 1. The summed E-state index contributed by atoms with van der Waals surface area (Å²) in [6.45, 7) is 11.1. The monoisotopic (exact) mass is 233 g/mol. The molecular formula is C16H27N. The molecule has 2 N–H and O–H groups in total. The van der Waals surface area contributed by atoms with Crippen LogP contribution in [0.25, 0.3) is 0 Å². The Balaban J connectivity index is 2.82. The topological polar surface area (TPSA) is 26.0 Å². The van der Waals surface area contributed by atoms with Gasteiger partial charge in [0.2, 0.25) is 0 Å². The molecule has 0 unspecified atom stereocenters. The maximum absolute atomic E-state index is 6.35. The molecule has 0 aromatic heterocycles. The van der Waals surface area contributed by atoms with E-state index in [0.717, 1.165) is 19.3 Å². The second-order valence-electron chi connectivity index (χ2n) is 6.19. The van der Waals surface area contributed by atoms with Crippen LogP contribution < -0.4 is 5.73 Å². The molecule has 0 aliphatic rings. The Bertz CT molecular complexity index is 339. The van der Waals surface area contributed by atoms with Crippen molar-refractivity contribution in [3.8, 4) is 0 Å². The second-order valence-corrected chi connectivity index (χ2v) is 6.19. The van der Waals surface area contributed by atoms with E-state index in [-0.39, 0.29) is 11.0 Å². The Hall–Kier alpha value is -0.820. The average molecular weight is 233 g/mol. The number of rotatable bonds is 4. The van der Waals surface area contributed by atoms with Crippen LogP contribution in [-0.2, 0) is 11.8 Å². The highest BCUT2D eigenvalue weighted by atomic mass is 14.7. The Labute approximate surface area is 106 Å². The minimum absolute atomic E-state index is 0.0384. The van der Waals surface area contributed by atoms with Crippen LogP contribution in [0.15, 0.2) is 24.3 Å². The summed E-state index contributed by atoms with van der Waals surface area (Å²) in [5.41, 5.74) is 9.28. The summed E-state index contributed by atoms with van der Waals surface area (Å²) in [5, 5.41) is 0. The first-order valence-electron chi connectivity index (χ1n) is 6.69. The summed E-state index contributed by atoms with van der Waals surface area (Å²) in [5.74, 6) is 0. The summed E-state index contributed by atoms with van der Waals surface area (Å²) < 4.78 is 0. The van der Waals surface area contributed by atoms with Crippen molar-refractivity contribution in [1.29, 1.82) is 0 Å². The lowest BCUT2D eigenvalue weighted by molar-refractivity contribution is 0.393. The molecule has 0 saturated heterocycles. The lowest BCUT2D eigenvalue weighted by Crippen LogP contribution is -2.40. The number of hydrogen-bond donors (Lipinski definition) is 1. The zero-order chi connectivity index (χ0) is 13.1. The summed E-state index contributed by atoms with van der Waals surface area (Å²) >= 11 is 0. The van der Waals surface area contributed by atoms with Crippen molar-refractivity contribution in [3.05, 3.63) is 35.4 Å². The van der Waals surface area contributed by atoms with Crippen molar-refractivity contribution < 1.29 is 0 Å². The third kappa shape index (κ3) is 3.85. The van der Waals surface area contributed by atoms with Crippen molar-refractivity contribution in [3.63, 3.8) is 0 Å². The first-order chi connectivity index (χ1) is 7.80. The fraction of sp³-hybridized carbons (Fsp3) is 0.625. The number of benzene rings is 1. The Morgan fingerprint density at radius 1 is 0.941 bits per heavy atom. The maximum atomic E-state index is 6.35. The molecule has 0 bridgehead atoms. The molecule has 0 fully saturated rings. The van der Waals surface area contributed by atoms with Gasteiger partial charge in [0.15, 0.2) is 0 Å². The van der Waals surface area contributed by atoms with Gasteiger partial charge >= 0.3 is 0 Å². The van der Waals surface area contributed by atoms with Gasteiger partial charge in [-0.25, -0.2) is 0 Å². The van der Waals surface area contributed by atoms with Gasteiger partial charge in [-0.1, -0.05) is 58.9 Å². The molecule has 0 aliphatic heterocycles. The van der Waals surface area contributed by atoms with Gasteiger partial charge in [0.25, 0.3) is 0 Å². The molecule has 0 amide bonds. The van der Waals surface area contributed by atoms with E-state index in [1.165, 1.54) is 11.1 Å². The van der Waals surface area contributed by atoms with Crippen LogP contribution in [0, 0.1) is 0 Å². The van der Waals surface area contributed by atoms with Crippen LogP contribution in [-0.4, -0.2) is 5.54 Å². The van der Waals surface area contributed by atoms with E-state index < -0.39 is 0 Å². The molecule has 1 aromatic rings. The van der Waals surface area contributed by atoms with E-state index in [1.807, 2.05) is 0 Å². The third-order valence-corrected chi connectivity index (χ3v) is 3.78. The van der Waals surface area contributed by atoms with E-state index >= 15 is 0 Å². The molecule has 17 heavy (non-hydrogen) atoms. The lowest BCUT2D eigenvalue weighted by Gasteiger charge is -2.27. The number of hydrogen-bond acceptors (Lipinski definition) is 1. The van der Waals surface area contributed by atoms with Crippen LogP contribution >= 0.6 is 0 Å². The first-order valence-corrected chi connectivity index (χ1v) is 6.69. The third-order valence-electron chi connectivity index (χ3n) is 3.78. The highest BCUT2D eigenvalue weighted by Crippen LogP contribution is 2.24. The van der Waals surface area contributed by atoms with Crippen molar-refractivity contribution >= 4 is 0 Å². The molecule has 1 nitrogen and oxygen atoms in total. The summed E-state index contributed by atoms with van der Waals surface area (Å²) in [4.78, 5) is 0.